The quantitative estimate of drug-likeness (QED) is 0.665. The van der Waals surface area contributed by atoms with E-state index in [1.807, 2.05) is 12.1 Å². The topological polar surface area (TPSA) is 97.7 Å². The van der Waals surface area contributed by atoms with Crippen molar-refractivity contribution < 1.29 is 23.8 Å². The smallest absolute Gasteiger partial charge is 0.344 e. The summed E-state index contributed by atoms with van der Waals surface area (Å²) in [7, 11) is 0. The van der Waals surface area contributed by atoms with Crippen molar-refractivity contribution in [3.8, 4) is 11.8 Å². The predicted octanol–water partition coefficient (Wildman–Crippen LogP) is 3.22. The number of benzene rings is 2. The number of nitriles is 1. The highest BCUT2D eigenvalue weighted by Crippen LogP contribution is 2.28. The van der Waals surface area contributed by atoms with Gasteiger partial charge in [0.05, 0.1) is 24.3 Å². The van der Waals surface area contributed by atoms with E-state index in [1.165, 1.54) is 6.92 Å². The molecule has 28 heavy (non-hydrogen) atoms. The van der Waals surface area contributed by atoms with Gasteiger partial charge in [-0.15, -0.1) is 0 Å². The molecule has 0 amide bonds. The minimum atomic E-state index is -0.464. The minimum Gasteiger partial charge on any atom is -0.482 e. The predicted molar refractivity (Wildman–Crippen MR) is 103 cm³/mol. The molecule has 1 unspecified atom stereocenters. The van der Waals surface area contributed by atoms with E-state index in [0.29, 0.717) is 11.3 Å². The number of nitrogens with one attached hydrogen (secondary N) is 1. The van der Waals surface area contributed by atoms with Crippen LogP contribution in [0.1, 0.15) is 31.0 Å². The molecule has 0 saturated heterocycles. The number of anilines is 1. The second-order valence-corrected chi connectivity index (χ2v) is 5.82. The third kappa shape index (κ3) is 6.32. The lowest BCUT2D eigenvalue weighted by molar-refractivity contribution is -0.145. The SMILES string of the molecule is CCOC(=O)COc1ccccc1C(COC(C)=O)Nc1ccc(C#N)cc1. The van der Waals surface area contributed by atoms with Gasteiger partial charge < -0.3 is 19.5 Å². The third-order valence-electron chi connectivity index (χ3n) is 3.75. The number of carbonyl (C=O) groups is 2. The van der Waals surface area contributed by atoms with Crippen molar-refractivity contribution in [3.63, 3.8) is 0 Å². The van der Waals surface area contributed by atoms with E-state index in [-0.39, 0.29) is 19.8 Å². The molecule has 0 radical (unpaired) electrons. The maximum atomic E-state index is 11.6. The lowest BCUT2D eigenvalue weighted by Crippen LogP contribution is -2.21. The Hall–Kier alpha value is -3.53. The Kier molecular flexibility index (Phi) is 7.85. The summed E-state index contributed by atoms with van der Waals surface area (Å²) in [6.07, 6.45) is 0. The largest absolute Gasteiger partial charge is 0.482 e. The molecule has 0 heterocycles. The summed E-state index contributed by atoms with van der Waals surface area (Å²) in [5, 5.41) is 12.2. The van der Waals surface area contributed by atoms with Crippen LogP contribution in [0.4, 0.5) is 5.69 Å². The van der Waals surface area contributed by atoms with Crippen LogP contribution in [0.25, 0.3) is 0 Å². The Morgan fingerprint density at radius 2 is 1.82 bits per heavy atom. The second-order valence-electron chi connectivity index (χ2n) is 5.82. The van der Waals surface area contributed by atoms with Gasteiger partial charge in [-0.05, 0) is 37.3 Å². The standard InChI is InChI=1S/C21H22N2O5/c1-3-26-21(25)14-28-20-7-5-4-6-18(20)19(13-27-15(2)24)23-17-10-8-16(12-22)9-11-17/h4-11,19,23H,3,13-14H2,1-2H3. The van der Waals surface area contributed by atoms with E-state index in [4.69, 9.17) is 19.5 Å². The minimum absolute atomic E-state index is 0.0646. The van der Waals surface area contributed by atoms with Crippen LogP contribution < -0.4 is 10.1 Å². The molecule has 2 aromatic carbocycles. The molecule has 2 aromatic rings. The average Bonchev–Trinajstić information content (AvgIpc) is 2.70. The Labute approximate surface area is 163 Å². The highest BCUT2D eigenvalue weighted by Gasteiger charge is 2.19. The summed E-state index contributed by atoms with van der Waals surface area (Å²) in [5.41, 5.74) is 2.01. The lowest BCUT2D eigenvalue weighted by Gasteiger charge is -2.22. The monoisotopic (exact) mass is 382 g/mol. The average molecular weight is 382 g/mol. The first-order chi connectivity index (χ1) is 13.5. The highest BCUT2D eigenvalue weighted by molar-refractivity contribution is 5.71. The lowest BCUT2D eigenvalue weighted by atomic mass is 10.1. The van der Waals surface area contributed by atoms with E-state index in [0.717, 1.165) is 11.3 Å². The van der Waals surface area contributed by atoms with Crippen molar-refractivity contribution in [2.24, 2.45) is 0 Å². The summed E-state index contributed by atoms with van der Waals surface area (Å²) < 4.78 is 15.7. The van der Waals surface area contributed by atoms with Crippen molar-refractivity contribution >= 4 is 17.6 Å². The van der Waals surface area contributed by atoms with E-state index in [2.05, 4.69) is 11.4 Å². The molecule has 0 aromatic heterocycles. The molecule has 0 spiro atoms. The molecule has 0 fully saturated rings. The van der Waals surface area contributed by atoms with Crippen LogP contribution in [-0.2, 0) is 19.1 Å². The second kappa shape index (κ2) is 10.6. The number of rotatable bonds is 9. The van der Waals surface area contributed by atoms with Gasteiger partial charge >= 0.3 is 11.9 Å². The van der Waals surface area contributed by atoms with Crippen LogP contribution in [0.15, 0.2) is 48.5 Å². The number of nitrogens with zero attached hydrogens (tertiary/aromatic N) is 1. The molecule has 0 aliphatic rings. The van der Waals surface area contributed by atoms with Gasteiger partial charge in [0.1, 0.15) is 12.4 Å². The van der Waals surface area contributed by atoms with Crippen LogP contribution in [0.2, 0.25) is 0 Å². The number of hydrogen-bond donors (Lipinski definition) is 1. The summed E-state index contributed by atoms with van der Waals surface area (Å²) in [6.45, 7) is 3.18. The van der Waals surface area contributed by atoms with Gasteiger partial charge in [0, 0.05) is 18.2 Å². The summed E-state index contributed by atoms with van der Waals surface area (Å²) >= 11 is 0. The molecule has 0 saturated carbocycles. The molecule has 1 N–H and O–H groups in total. The Morgan fingerprint density at radius 1 is 1.11 bits per heavy atom. The van der Waals surface area contributed by atoms with Crippen LogP contribution in [0.3, 0.4) is 0 Å². The number of ether oxygens (including phenoxy) is 3. The first kappa shape index (κ1) is 20.8. The number of para-hydroxylation sites is 1. The Balaban J connectivity index is 2.23. The van der Waals surface area contributed by atoms with E-state index >= 15 is 0 Å². The first-order valence-corrected chi connectivity index (χ1v) is 8.81. The van der Waals surface area contributed by atoms with Gasteiger partial charge in [-0.1, -0.05) is 18.2 Å². The van der Waals surface area contributed by atoms with Gasteiger partial charge in [-0.25, -0.2) is 4.79 Å². The molecule has 2 rings (SSSR count). The van der Waals surface area contributed by atoms with Gasteiger partial charge in [0.15, 0.2) is 6.61 Å². The van der Waals surface area contributed by atoms with Gasteiger partial charge in [0.25, 0.3) is 0 Å². The maximum Gasteiger partial charge on any atom is 0.344 e. The molecule has 0 aliphatic heterocycles. The molecule has 7 nitrogen and oxygen atoms in total. The number of hydrogen-bond acceptors (Lipinski definition) is 7. The normalized spacial score (nSPS) is 11.0. The molecular weight excluding hydrogens is 360 g/mol. The summed E-state index contributed by atoms with van der Waals surface area (Å²) in [6, 6.07) is 15.7. The first-order valence-electron chi connectivity index (χ1n) is 8.81. The fourth-order valence-corrected chi connectivity index (χ4v) is 2.49. The number of esters is 2. The van der Waals surface area contributed by atoms with E-state index < -0.39 is 18.0 Å². The van der Waals surface area contributed by atoms with Crippen molar-refractivity contribution in [2.75, 3.05) is 25.1 Å². The van der Waals surface area contributed by atoms with Gasteiger partial charge in [-0.3, -0.25) is 4.79 Å². The van der Waals surface area contributed by atoms with Crippen molar-refractivity contribution in [1.29, 1.82) is 5.26 Å². The molecule has 0 aliphatic carbocycles. The van der Waals surface area contributed by atoms with Gasteiger partial charge in [-0.2, -0.15) is 5.26 Å². The van der Waals surface area contributed by atoms with Crippen molar-refractivity contribution in [1.82, 2.24) is 0 Å². The molecule has 0 bridgehead atoms. The van der Waals surface area contributed by atoms with Crippen molar-refractivity contribution in [2.45, 2.75) is 19.9 Å². The zero-order valence-corrected chi connectivity index (χ0v) is 15.8. The van der Waals surface area contributed by atoms with E-state index in [9.17, 15) is 9.59 Å². The maximum absolute atomic E-state index is 11.6. The zero-order valence-electron chi connectivity index (χ0n) is 15.8. The van der Waals surface area contributed by atoms with Crippen LogP contribution in [0.5, 0.6) is 5.75 Å². The summed E-state index contributed by atoms with van der Waals surface area (Å²) in [4.78, 5) is 22.9. The van der Waals surface area contributed by atoms with Gasteiger partial charge in [0.2, 0.25) is 0 Å². The Morgan fingerprint density at radius 3 is 2.46 bits per heavy atom. The van der Waals surface area contributed by atoms with Crippen LogP contribution in [0, 0.1) is 11.3 Å². The van der Waals surface area contributed by atoms with Crippen LogP contribution >= 0.6 is 0 Å². The molecule has 7 heteroatoms. The van der Waals surface area contributed by atoms with Crippen molar-refractivity contribution in [3.05, 3.63) is 59.7 Å². The molecular formula is C21H22N2O5. The Bertz CT molecular complexity index is 843. The molecule has 146 valence electrons. The fraction of sp³-hybridized carbons (Fsp3) is 0.286. The molecule has 1 atom stereocenters. The van der Waals surface area contributed by atoms with Crippen LogP contribution in [-0.4, -0.2) is 31.8 Å². The van der Waals surface area contributed by atoms with E-state index in [1.54, 1.807) is 43.3 Å². The number of carbonyl (C=O) groups excluding carboxylic acids is 2. The zero-order chi connectivity index (χ0) is 20.4. The fourth-order valence-electron chi connectivity index (χ4n) is 2.49. The summed E-state index contributed by atoms with van der Waals surface area (Å²) in [5.74, 6) is -0.390. The highest BCUT2D eigenvalue weighted by atomic mass is 16.6. The third-order valence-corrected chi connectivity index (χ3v) is 3.75.